The molecule has 1 rings (SSSR count). The molecule has 1 aromatic rings. The van der Waals surface area contributed by atoms with Crippen LogP contribution in [0.4, 0.5) is 0 Å². The monoisotopic (exact) mass is 214 g/mol. The van der Waals surface area contributed by atoms with Gasteiger partial charge in [-0.25, -0.2) is 0 Å². The van der Waals surface area contributed by atoms with Gasteiger partial charge in [-0.3, -0.25) is 14.5 Å². The molecule has 0 aliphatic heterocycles. The number of hydrogen-bond acceptors (Lipinski definition) is 3. The van der Waals surface area contributed by atoms with Crippen molar-refractivity contribution in [1.29, 1.82) is 0 Å². The Morgan fingerprint density at radius 3 is 2.79 bits per heavy atom. The van der Waals surface area contributed by atoms with Gasteiger partial charge >= 0.3 is 0 Å². The number of nitrogens with one attached hydrogen (secondary N) is 1. The van der Waals surface area contributed by atoms with E-state index in [9.17, 15) is 4.79 Å². The van der Waals surface area contributed by atoms with E-state index in [4.69, 9.17) is 12.2 Å². The summed E-state index contributed by atoms with van der Waals surface area (Å²) in [6.07, 6.45) is 0. The first-order valence-corrected chi connectivity index (χ1v) is 4.82. The van der Waals surface area contributed by atoms with Crippen LogP contribution in [-0.4, -0.2) is 39.2 Å². The molecule has 1 aromatic heterocycles. The molecule has 1 N–H and O–H groups in total. The molecular formula is C8H14N4OS. The number of amides is 1. The van der Waals surface area contributed by atoms with Gasteiger partial charge < -0.3 is 4.90 Å². The van der Waals surface area contributed by atoms with E-state index < -0.39 is 0 Å². The summed E-state index contributed by atoms with van der Waals surface area (Å²) in [5, 5.41) is 6.57. The molecular weight excluding hydrogens is 200 g/mol. The quantitative estimate of drug-likeness (QED) is 0.755. The zero-order valence-corrected chi connectivity index (χ0v) is 9.39. The predicted molar refractivity (Wildman–Crippen MR) is 55.5 cm³/mol. The van der Waals surface area contributed by atoms with Crippen LogP contribution in [0.15, 0.2) is 0 Å². The van der Waals surface area contributed by atoms with Gasteiger partial charge in [0.05, 0.1) is 0 Å². The van der Waals surface area contributed by atoms with Crippen molar-refractivity contribution in [2.75, 3.05) is 13.6 Å². The molecule has 78 valence electrons. The van der Waals surface area contributed by atoms with Crippen molar-refractivity contribution in [3.05, 3.63) is 10.6 Å². The number of aromatic amines is 1. The minimum Gasteiger partial charge on any atom is -0.344 e. The standard InChI is InChI=1S/C8H14N4OS/c1-4-11(3)7(13)5-12-6(2)9-10-8(12)14/h4-5H2,1-3H3,(H,10,14). The molecule has 0 aliphatic carbocycles. The highest BCUT2D eigenvalue weighted by Gasteiger charge is 2.10. The second-order valence-electron chi connectivity index (χ2n) is 3.07. The maximum absolute atomic E-state index is 11.6. The molecule has 0 aromatic carbocycles. The van der Waals surface area contributed by atoms with E-state index in [1.54, 1.807) is 16.5 Å². The van der Waals surface area contributed by atoms with Crippen LogP contribution in [0.2, 0.25) is 0 Å². The van der Waals surface area contributed by atoms with Gasteiger partial charge in [0.2, 0.25) is 5.91 Å². The smallest absolute Gasteiger partial charge is 0.242 e. The minimum atomic E-state index is 0.0353. The number of rotatable bonds is 3. The normalized spacial score (nSPS) is 10.2. The molecule has 0 saturated carbocycles. The van der Waals surface area contributed by atoms with E-state index >= 15 is 0 Å². The Kier molecular flexibility index (Phi) is 3.40. The highest BCUT2D eigenvalue weighted by atomic mass is 32.1. The maximum Gasteiger partial charge on any atom is 0.242 e. The van der Waals surface area contributed by atoms with Crippen molar-refractivity contribution < 1.29 is 4.79 Å². The van der Waals surface area contributed by atoms with Crippen LogP contribution in [0.25, 0.3) is 0 Å². The van der Waals surface area contributed by atoms with E-state index in [1.165, 1.54) is 0 Å². The molecule has 1 heterocycles. The van der Waals surface area contributed by atoms with Gasteiger partial charge in [0.25, 0.3) is 0 Å². The van der Waals surface area contributed by atoms with Crippen molar-refractivity contribution >= 4 is 18.1 Å². The average molecular weight is 214 g/mol. The zero-order valence-electron chi connectivity index (χ0n) is 8.57. The van der Waals surface area contributed by atoms with E-state index in [0.29, 0.717) is 11.3 Å². The number of nitrogens with zero attached hydrogens (tertiary/aromatic N) is 3. The lowest BCUT2D eigenvalue weighted by molar-refractivity contribution is -0.130. The van der Waals surface area contributed by atoms with Gasteiger partial charge in [0, 0.05) is 13.6 Å². The van der Waals surface area contributed by atoms with Crippen LogP contribution in [0.5, 0.6) is 0 Å². The summed E-state index contributed by atoms with van der Waals surface area (Å²) in [6, 6.07) is 0. The van der Waals surface area contributed by atoms with Gasteiger partial charge in [0.15, 0.2) is 4.77 Å². The predicted octanol–water partition coefficient (Wildman–Crippen LogP) is 0.727. The summed E-state index contributed by atoms with van der Waals surface area (Å²) < 4.78 is 2.17. The topological polar surface area (TPSA) is 53.9 Å². The Balaban J connectivity index is 2.79. The number of hydrogen-bond donors (Lipinski definition) is 1. The lowest BCUT2D eigenvalue weighted by atomic mass is 10.5. The van der Waals surface area contributed by atoms with Crippen LogP contribution >= 0.6 is 12.2 Å². The van der Waals surface area contributed by atoms with Crippen LogP contribution in [0.1, 0.15) is 12.7 Å². The van der Waals surface area contributed by atoms with Gasteiger partial charge in [-0.05, 0) is 26.1 Å². The van der Waals surface area contributed by atoms with Crippen LogP contribution in [0, 0.1) is 11.7 Å². The SMILES string of the molecule is CCN(C)C(=O)Cn1c(C)n[nH]c1=S. The Hall–Kier alpha value is -1.17. The van der Waals surface area contributed by atoms with Gasteiger partial charge in [-0.1, -0.05) is 0 Å². The van der Waals surface area contributed by atoms with E-state index in [1.807, 2.05) is 13.8 Å². The summed E-state index contributed by atoms with van der Waals surface area (Å²) >= 11 is 4.99. The Labute approximate surface area is 87.7 Å². The van der Waals surface area contributed by atoms with Crippen molar-refractivity contribution in [3.8, 4) is 0 Å². The van der Waals surface area contributed by atoms with Crippen LogP contribution in [0.3, 0.4) is 0 Å². The lowest BCUT2D eigenvalue weighted by Gasteiger charge is -2.14. The second kappa shape index (κ2) is 4.36. The van der Waals surface area contributed by atoms with Crippen LogP contribution < -0.4 is 0 Å². The second-order valence-corrected chi connectivity index (χ2v) is 3.46. The molecule has 5 nitrogen and oxygen atoms in total. The summed E-state index contributed by atoms with van der Waals surface area (Å²) in [5.74, 6) is 0.765. The highest BCUT2D eigenvalue weighted by Crippen LogP contribution is 1.97. The summed E-state index contributed by atoms with van der Waals surface area (Å²) in [4.78, 5) is 13.2. The molecule has 0 bridgehead atoms. The first kappa shape index (κ1) is 10.9. The Morgan fingerprint density at radius 2 is 2.36 bits per heavy atom. The molecule has 0 radical (unpaired) electrons. The molecule has 6 heteroatoms. The summed E-state index contributed by atoms with van der Waals surface area (Å²) in [5.41, 5.74) is 0. The summed E-state index contributed by atoms with van der Waals surface area (Å²) in [7, 11) is 1.77. The van der Waals surface area contributed by atoms with E-state index in [2.05, 4.69) is 10.2 Å². The van der Waals surface area contributed by atoms with Crippen molar-refractivity contribution in [2.45, 2.75) is 20.4 Å². The lowest BCUT2D eigenvalue weighted by Crippen LogP contribution is -2.30. The van der Waals surface area contributed by atoms with Gasteiger partial charge in [0.1, 0.15) is 12.4 Å². The fourth-order valence-corrected chi connectivity index (χ4v) is 1.26. The van der Waals surface area contributed by atoms with Gasteiger partial charge in [-0.15, -0.1) is 0 Å². The third-order valence-electron chi connectivity index (χ3n) is 2.14. The molecule has 0 unspecified atom stereocenters. The molecule has 0 spiro atoms. The average Bonchev–Trinajstić information content (AvgIpc) is 2.48. The number of carbonyl (C=O) groups excluding carboxylic acids is 1. The molecule has 0 fully saturated rings. The van der Waals surface area contributed by atoms with E-state index in [0.717, 1.165) is 5.82 Å². The summed E-state index contributed by atoms with van der Waals surface area (Å²) in [6.45, 7) is 4.69. The third kappa shape index (κ3) is 2.20. The van der Waals surface area contributed by atoms with Crippen LogP contribution in [-0.2, 0) is 11.3 Å². The maximum atomic E-state index is 11.6. The molecule has 0 aliphatic rings. The number of carbonyl (C=O) groups is 1. The first-order chi connectivity index (χ1) is 6.56. The molecule has 0 atom stereocenters. The van der Waals surface area contributed by atoms with Crippen molar-refractivity contribution in [2.24, 2.45) is 0 Å². The van der Waals surface area contributed by atoms with Gasteiger partial charge in [-0.2, -0.15) is 5.10 Å². The zero-order chi connectivity index (χ0) is 10.7. The fraction of sp³-hybridized carbons (Fsp3) is 0.625. The van der Waals surface area contributed by atoms with E-state index in [-0.39, 0.29) is 12.5 Å². The first-order valence-electron chi connectivity index (χ1n) is 4.42. The molecule has 1 amide bonds. The van der Waals surface area contributed by atoms with Crippen molar-refractivity contribution in [3.63, 3.8) is 0 Å². The molecule has 0 saturated heterocycles. The molecule has 14 heavy (non-hydrogen) atoms. The number of aryl methyl sites for hydroxylation is 1. The fourth-order valence-electron chi connectivity index (χ4n) is 1.01. The third-order valence-corrected chi connectivity index (χ3v) is 2.45. The Bertz CT molecular complexity index is 381. The highest BCUT2D eigenvalue weighted by molar-refractivity contribution is 7.71. The Morgan fingerprint density at radius 1 is 1.71 bits per heavy atom. The number of likely N-dealkylation sites (N-methyl/N-ethyl adjacent to an activating group) is 1. The number of H-pyrrole nitrogens is 1. The largest absolute Gasteiger partial charge is 0.344 e. The minimum absolute atomic E-state index is 0.0353. The number of aromatic nitrogens is 3. The van der Waals surface area contributed by atoms with Crippen molar-refractivity contribution in [1.82, 2.24) is 19.7 Å².